The number of hydrogen-bond donors (Lipinski definition) is 0. The Morgan fingerprint density at radius 1 is 1.31 bits per heavy atom. The zero-order valence-corrected chi connectivity index (χ0v) is 8.72. The van der Waals surface area contributed by atoms with Crippen LogP contribution in [0.2, 0.25) is 0 Å². The SMILES string of the molecule is Cl[C@H]1CCO[C@@H]1Sc1ccccc1. The van der Waals surface area contributed by atoms with Gasteiger partial charge in [0, 0.05) is 11.5 Å². The molecule has 1 fully saturated rings. The average Bonchev–Trinajstić information content (AvgIpc) is 2.54. The number of thioether (sulfide) groups is 1. The summed E-state index contributed by atoms with van der Waals surface area (Å²) in [6, 6.07) is 10.2. The van der Waals surface area contributed by atoms with Gasteiger partial charge in [-0.1, -0.05) is 30.0 Å². The van der Waals surface area contributed by atoms with E-state index in [1.54, 1.807) is 11.8 Å². The Morgan fingerprint density at radius 2 is 2.08 bits per heavy atom. The molecule has 70 valence electrons. The lowest BCUT2D eigenvalue weighted by molar-refractivity contribution is 0.174. The number of benzene rings is 1. The van der Waals surface area contributed by atoms with Crippen LogP contribution in [0.15, 0.2) is 35.2 Å². The van der Waals surface area contributed by atoms with E-state index in [4.69, 9.17) is 16.3 Å². The van der Waals surface area contributed by atoms with Crippen LogP contribution in [0, 0.1) is 0 Å². The number of alkyl halides is 1. The summed E-state index contributed by atoms with van der Waals surface area (Å²) in [5.41, 5.74) is 0.129. The summed E-state index contributed by atoms with van der Waals surface area (Å²) in [5, 5.41) is 0.158. The van der Waals surface area contributed by atoms with Crippen molar-refractivity contribution in [1.82, 2.24) is 0 Å². The zero-order valence-electron chi connectivity index (χ0n) is 7.15. The van der Waals surface area contributed by atoms with Crippen LogP contribution in [0.5, 0.6) is 0 Å². The maximum absolute atomic E-state index is 6.08. The molecule has 0 aromatic heterocycles. The second kappa shape index (κ2) is 4.36. The summed E-state index contributed by atoms with van der Waals surface area (Å²) < 4.78 is 5.50. The Morgan fingerprint density at radius 3 is 2.69 bits per heavy atom. The van der Waals surface area contributed by atoms with Crippen molar-refractivity contribution < 1.29 is 4.74 Å². The fraction of sp³-hybridized carbons (Fsp3) is 0.400. The minimum atomic E-state index is 0.129. The Labute approximate surface area is 87.4 Å². The largest absolute Gasteiger partial charge is 0.366 e. The number of hydrogen-bond acceptors (Lipinski definition) is 2. The van der Waals surface area contributed by atoms with Crippen LogP contribution in [0.1, 0.15) is 6.42 Å². The van der Waals surface area contributed by atoms with E-state index in [1.165, 1.54) is 4.90 Å². The molecule has 0 bridgehead atoms. The van der Waals surface area contributed by atoms with E-state index in [0.717, 1.165) is 13.0 Å². The van der Waals surface area contributed by atoms with Gasteiger partial charge in [0.25, 0.3) is 0 Å². The number of ether oxygens (including phenoxy) is 1. The van der Waals surface area contributed by atoms with E-state index in [0.29, 0.717) is 0 Å². The Hall–Kier alpha value is -0.180. The molecule has 2 rings (SSSR count). The molecule has 0 aliphatic carbocycles. The third-order valence-corrected chi connectivity index (χ3v) is 3.80. The topological polar surface area (TPSA) is 9.23 Å². The molecule has 3 heteroatoms. The first-order valence-electron chi connectivity index (χ1n) is 4.33. The zero-order chi connectivity index (χ0) is 9.10. The molecule has 1 aliphatic heterocycles. The number of rotatable bonds is 2. The lowest BCUT2D eigenvalue weighted by Gasteiger charge is -2.11. The second-order valence-electron chi connectivity index (χ2n) is 2.97. The second-order valence-corrected chi connectivity index (χ2v) is 4.71. The average molecular weight is 215 g/mol. The standard InChI is InChI=1S/C10H11ClOS/c11-9-6-7-12-10(9)13-8-4-2-1-3-5-8/h1-5,9-10H,6-7H2/t9-,10+/m0/s1. The predicted molar refractivity (Wildman–Crippen MR) is 56.3 cm³/mol. The van der Waals surface area contributed by atoms with E-state index in [-0.39, 0.29) is 10.8 Å². The summed E-state index contributed by atoms with van der Waals surface area (Å²) in [7, 11) is 0. The minimum Gasteiger partial charge on any atom is -0.366 e. The van der Waals surface area contributed by atoms with Crippen LogP contribution >= 0.6 is 23.4 Å². The summed E-state index contributed by atoms with van der Waals surface area (Å²) in [4.78, 5) is 1.22. The summed E-state index contributed by atoms with van der Waals surface area (Å²) in [6.45, 7) is 0.790. The predicted octanol–water partition coefficient (Wildman–Crippen LogP) is 3.13. The van der Waals surface area contributed by atoms with Crippen molar-refractivity contribution in [2.45, 2.75) is 22.1 Å². The van der Waals surface area contributed by atoms with E-state index in [2.05, 4.69) is 12.1 Å². The molecule has 0 spiro atoms. The van der Waals surface area contributed by atoms with Gasteiger partial charge in [-0.15, -0.1) is 11.6 Å². The van der Waals surface area contributed by atoms with E-state index in [1.807, 2.05) is 18.2 Å². The molecular formula is C10H11ClOS. The third-order valence-electron chi connectivity index (χ3n) is 1.97. The molecule has 0 amide bonds. The van der Waals surface area contributed by atoms with E-state index in [9.17, 15) is 0 Å². The molecule has 1 heterocycles. The first kappa shape index (κ1) is 9.38. The van der Waals surface area contributed by atoms with Crippen LogP contribution in [0.4, 0.5) is 0 Å². The van der Waals surface area contributed by atoms with Crippen LogP contribution in [0.25, 0.3) is 0 Å². The highest BCUT2D eigenvalue weighted by Gasteiger charge is 2.26. The highest BCUT2D eigenvalue weighted by molar-refractivity contribution is 7.99. The van der Waals surface area contributed by atoms with E-state index < -0.39 is 0 Å². The first-order valence-corrected chi connectivity index (χ1v) is 5.65. The van der Waals surface area contributed by atoms with Gasteiger partial charge in [-0.2, -0.15) is 0 Å². The smallest absolute Gasteiger partial charge is 0.124 e. The Bertz CT molecular complexity index is 265. The van der Waals surface area contributed by atoms with Crippen LogP contribution in [-0.2, 0) is 4.74 Å². The molecule has 0 unspecified atom stereocenters. The Balaban J connectivity index is 1.98. The van der Waals surface area contributed by atoms with Crippen molar-refractivity contribution in [3.8, 4) is 0 Å². The van der Waals surface area contributed by atoms with E-state index >= 15 is 0 Å². The Kier molecular flexibility index (Phi) is 3.14. The fourth-order valence-corrected chi connectivity index (χ4v) is 2.62. The lowest BCUT2D eigenvalue weighted by atomic mass is 10.4. The van der Waals surface area contributed by atoms with Crippen molar-refractivity contribution in [3.63, 3.8) is 0 Å². The van der Waals surface area contributed by atoms with Crippen molar-refractivity contribution in [1.29, 1.82) is 0 Å². The van der Waals surface area contributed by atoms with Crippen LogP contribution < -0.4 is 0 Å². The maximum atomic E-state index is 6.08. The van der Waals surface area contributed by atoms with Gasteiger partial charge in [0.2, 0.25) is 0 Å². The molecule has 0 N–H and O–H groups in total. The maximum Gasteiger partial charge on any atom is 0.124 e. The van der Waals surface area contributed by atoms with Gasteiger partial charge >= 0.3 is 0 Å². The highest BCUT2D eigenvalue weighted by Crippen LogP contribution is 2.33. The van der Waals surface area contributed by atoms with Gasteiger partial charge in [0.1, 0.15) is 5.44 Å². The summed E-state index contributed by atoms with van der Waals surface area (Å²) in [6.07, 6.45) is 0.964. The normalized spacial score (nSPS) is 27.8. The third kappa shape index (κ3) is 2.39. The first-order chi connectivity index (χ1) is 6.36. The summed E-state index contributed by atoms with van der Waals surface area (Å²) in [5.74, 6) is 0. The minimum absolute atomic E-state index is 0.129. The molecule has 0 saturated carbocycles. The van der Waals surface area contributed by atoms with Crippen molar-refractivity contribution in [2.75, 3.05) is 6.61 Å². The molecular weight excluding hydrogens is 204 g/mol. The van der Waals surface area contributed by atoms with Crippen molar-refractivity contribution in [3.05, 3.63) is 30.3 Å². The van der Waals surface area contributed by atoms with Gasteiger partial charge < -0.3 is 4.74 Å². The monoisotopic (exact) mass is 214 g/mol. The van der Waals surface area contributed by atoms with Gasteiger partial charge in [0.05, 0.1) is 5.38 Å². The molecule has 1 nitrogen and oxygen atoms in total. The highest BCUT2D eigenvalue weighted by atomic mass is 35.5. The van der Waals surface area contributed by atoms with Crippen molar-refractivity contribution in [2.24, 2.45) is 0 Å². The molecule has 1 aliphatic rings. The molecule has 13 heavy (non-hydrogen) atoms. The van der Waals surface area contributed by atoms with Crippen LogP contribution in [-0.4, -0.2) is 17.4 Å². The van der Waals surface area contributed by atoms with Gasteiger partial charge in [-0.25, -0.2) is 0 Å². The van der Waals surface area contributed by atoms with Gasteiger partial charge in [0.15, 0.2) is 0 Å². The fourth-order valence-electron chi connectivity index (χ4n) is 1.28. The lowest BCUT2D eigenvalue weighted by Crippen LogP contribution is -2.10. The summed E-state index contributed by atoms with van der Waals surface area (Å²) >= 11 is 7.79. The van der Waals surface area contributed by atoms with Gasteiger partial charge in [-0.3, -0.25) is 0 Å². The number of halogens is 1. The quantitative estimate of drug-likeness (QED) is 0.700. The molecule has 2 atom stereocenters. The molecule has 0 radical (unpaired) electrons. The van der Waals surface area contributed by atoms with Crippen LogP contribution in [0.3, 0.4) is 0 Å². The van der Waals surface area contributed by atoms with Gasteiger partial charge in [-0.05, 0) is 18.6 Å². The molecule has 1 aromatic carbocycles. The molecule has 1 saturated heterocycles. The molecule has 1 aromatic rings. The van der Waals surface area contributed by atoms with Crippen molar-refractivity contribution >= 4 is 23.4 Å².